The van der Waals surface area contributed by atoms with Gasteiger partial charge in [0.05, 0.1) is 0 Å². The smallest absolute Gasteiger partial charge is 0.251 e. The van der Waals surface area contributed by atoms with Crippen LogP contribution in [0.15, 0.2) is 12.4 Å². The van der Waals surface area contributed by atoms with Crippen LogP contribution < -0.4 is 5.32 Å². The van der Waals surface area contributed by atoms with E-state index in [-0.39, 0.29) is 23.8 Å². The number of ether oxygens (including phenoxy) is 1. The van der Waals surface area contributed by atoms with Crippen molar-refractivity contribution in [2.75, 3.05) is 26.2 Å². The van der Waals surface area contributed by atoms with Crippen molar-refractivity contribution < 1.29 is 14.3 Å². The molecule has 0 aromatic carbocycles. The maximum atomic E-state index is 12.3. The van der Waals surface area contributed by atoms with E-state index in [1.54, 1.807) is 6.20 Å². The molecule has 24 heavy (non-hydrogen) atoms. The average molecular weight is 334 g/mol. The summed E-state index contributed by atoms with van der Waals surface area (Å²) in [6, 6.07) is 0. The quantitative estimate of drug-likeness (QED) is 0.850. The fourth-order valence-corrected chi connectivity index (χ4v) is 3.42. The van der Waals surface area contributed by atoms with Crippen molar-refractivity contribution in [3.8, 4) is 0 Å². The van der Waals surface area contributed by atoms with Crippen LogP contribution in [0.25, 0.3) is 0 Å². The van der Waals surface area contributed by atoms with E-state index >= 15 is 0 Å². The molecule has 1 aromatic rings. The number of carbonyl (C=O) groups is 2. The predicted molar refractivity (Wildman–Crippen MR) is 88.2 cm³/mol. The standard InChI is InChI=1S/C17H26N4O3/c1-20-11-8-18-15(20)4-7-19-16(22)13-5-9-21(10-6-13)17(23)14-3-2-12-24-14/h8,11,13-14H,2-7,9-10,12H2,1H3,(H,19,22). The Morgan fingerprint density at radius 2 is 2.12 bits per heavy atom. The zero-order chi connectivity index (χ0) is 16.9. The summed E-state index contributed by atoms with van der Waals surface area (Å²) in [5, 5.41) is 3.00. The predicted octanol–water partition coefficient (Wildman–Crippen LogP) is 0.496. The van der Waals surface area contributed by atoms with Gasteiger partial charge in [0.25, 0.3) is 5.91 Å². The van der Waals surface area contributed by atoms with E-state index in [0.29, 0.717) is 26.2 Å². The molecule has 2 aliphatic heterocycles. The summed E-state index contributed by atoms with van der Waals surface area (Å²) < 4.78 is 7.42. The zero-order valence-electron chi connectivity index (χ0n) is 14.2. The number of piperidine rings is 1. The lowest BCUT2D eigenvalue weighted by atomic mass is 9.95. The summed E-state index contributed by atoms with van der Waals surface area (Å²) in [4.78, 5) is 30.7. The first-order valence-corrected chi connectivity index (χ1v) is 8.79. The van der Waals surface area contributed by atoms with Gasteiger partial charge in [-0.2, -0.15) is 0 Å². The Balaban J connectivity index is 1.38. The second-order valence-electron chi connectivity index (χ2n) is 6.60. The van der Waals surface area contributed by atoms with E-state index in [1.165, 1.54) is 0 Å². The molecule has 1 aromatic heterocycles. The molecular weight excluding hydrogens is 308 g/mol. The summed E-state index contributed by atoms with van der Waals surface area (Å²) in [6.45, 7) is 2.58. The highest BCUT2D eigenvalue weighted by molar-refractivity contribution is 5.82. The summed E-state index contributed by atoms with van der Waals surface area (Å²) in [5.74, 6) is 1.15. The van der Waals surface area contributed by atoms with Crippen LogP contribution in [0, 0.1) is 5.92 Å². The van der Waals surface area contributed by atoms with Gasteiger partial charge >= 0.3 is 0 Å². The number of imidazole rings is 1. The Bertz CT molecular complexity index is 572. The molecule has 3 heterocycles. The lowest BCUT2D eigenvalue weighted by Crippen LogP contribution is -2.46. The highest BCUT2D eigenvalue weighted by atomic mass is 16.5. The molecule has 1 unspecified atom stereocenters. The number of amides is 2. The molecule has 2 amide bonds. The molecule has 7 nitrogen and oxygen atoms in total. The number of carbonyl (C=O) groups excluding carboxylic acids is 2. The third kappa shape index (κ3) is 3.95. The largest absolute Gasteiger partial charge is 0.368 e. The van der Waals surface area contributed by atoms with Crippen LogP contribution in [0.3, 0.4) is 0 Å². The highest BCUT2D eigenvalue weighted by Gasteiger charge is 2.32. The van der Waals surface area contributed by atoms with Gasteiger partial charge in [-0.05, 0) is 25.7 Å². The van der Waals surface area contributed by atoms with Crippen LogP contribution in [0.2, 0.25) is 0 Å². The van der Waals surface area contributed by atoms with Crippen molar-refractivity contribution in [3.63, 3.8) is 0 Å². The molecule has 2 saturated heterocycles. The number of likely N-dealkylation sites (tertiary alicyclic amines) is 1. The fraction of sp³-hybridized carbons (Fsp3) is 0.706. The number of hydrogen-bond donors (Lipinski definition) is 1. The average Bonchev–Trinajstić information content (AvgIpc) is 3.26. The maximum absolute atomic E-state index is 12.3. The van der Waals surface area contributed by atoms with Crippen molar-refractivity contribution in [3.05, 3.63) is 18.2 Å². The molecule has 1 atom stereocenters. The first-order valence-electron chi connectivity index (χ1n) is 8.79. The Morgan fingerprint density at radius 1 is 1.33 bits per heavy atom. The minimum Gasteiger partial charge on any atom is -0.368 e. The third-order valence-corrected chi connectivity index (χ3v) is 4.95. The van der Waals surface area contributed by atoms with E-state index < -0.39 is 0 Å². The Labute approximate surface area is 142 Å². The van der Waals surface area contributed by atoms with Gasteiger partial charge in [0, 0.05) is 58.0 Å². The van der Waals surface area contributed by atoms with E-state index in [0.717, 1.165) is 37.9 Å². The molecule has 0 radical (unpaired) electrons. The number of aromatic nitrogens is 2. The van der Waals surface area contributed by atoms with Gasteiger partial charge in [-0.1, -0.05) is 0 Å². The van der Waals surface area contributed by atoms with E-state index in [4.69, 9.17) is 4.74 Å². The van der Waals surface area contributed by atoms with Crippen LogP contribution in [0.1, 0.15) is 31.5 Å². The third-order valence-electron chi connectivity index (χ3n) is 4.95. The van der Waals surface area contributed by atoms with Crippen LogP contribution >= 0.6 is 0 Å². The molecule has 1 N–H and O–H groups in total. The normalized spacial score (nSPS) is 21.9. The van der Waals surface area contributed by atoms with Crippen molar-refractivity contribution in [1.82, 2.24) is 19.8 Å². The summed E-state index contributed by atoms with van der Waals surface area (Å²) in [6.07, 6.45) is 7.38. The second-order valence-corrected chi connectivity index (χ2v) is 6.60. The van der Waals surface area contributed by atoms with E-state index in [2.05, 4.69) is 10.3 Å². The molecule has 0 saturated carbocycles. The topological polar surface area (TPSA) is 76.5 Å². The molecule has 3 rings (SSSR count). The van der Waals surface area contributed by atoms with E-state index in [9.17, 15) is 9.59 Å². The fourth-order valence-electron chi connectivity index (χ4n) is 3.42. The van der Waals surface area contributed by atoms with Crippen LogP contribution in [-0.2, 0) is 27.8 Å². The summed E-state index contributed by atoms with van der Waals surface area (Å²) in [7, 11) is 1.95. The first-order chi connectivity index (χ1) is 11.6. The van der Waals surface area contributed by atoms with Gasteiger partial charge in [-0.15, -0.1) is 0 Å². The number of aryl methyl sites for hydroxylation is 1. The Hall–Kier alpha value is -1.89. The molecule has 0 aliphatic carbocycles. The summed E-state index contributed by atoms with van der Waals surface area (Å²) >= 11 is 0. The van der Waals surface area contributed by atoms with Gasteiger partial charge < -0.3 is 19.5 Å². The van der Waals surface area contributed by atoms with Gasteiger partial charge in [-0.25, -0.2) is 4.98 Å². The minimum absolute atomic E-state index is 0.0000761. The molecule has 132 valence electrons. The van der Waals surface area contributed by atoms with Crippen LogP contribution in [0.4, 0.5) is 0 Å². The number of rotatable bonds is 5. The maximum Gasteiger partial charge on any atom is 0.251 e. The Kier molecular flexibility index (Phi) is 5.50. The molecule has 2 aliphatic rings. The molecular formula is C17H26N4O3. The van der Waals surface area contributed by atoms with Crippen molar-refractivity contribution in [2.24, 2.45) is 13.0 Å². The number of hydrogen-bond acceptors (Lipinski definition) is 4. The van der Waals surface area contributed by atoms with E-state index in [1.807, 2.05) is 22.7 Å². The lowest BCUT2D eigenvalue weighted by Gasteiger charge is -2.32. The monoisotopic (exact) mass is 334 g/mol. The van der Waals surface area contributed by atoms with Crippen molar-refractivity contribution >= 4 is 11.8 Å². The van der Waals surface area contributed by atoms with Gasteiger partial charge in [0.15, 0.2) is 0 Å². The minimum atomic E-state index is -0.256. The molecule has 7 heteroatoms. The lowest BCUT2D eigenvalue weighted by molar-refractivity contribution is -0.143. The summed E-state index contributed by atoms with van der Waals surface area (Å²) in [5.41, 5.74) is 0. The van der Waals surface area contributed by atoms with Gasteiger partial charge in [0.2, 0.25) is 5.91 Å². The van der Waals surface area contributed by atoms with Crippen molar-refractivity contribution in [1.29, 1.82) is 0 Å². The first kappa shape index (κ1) is 17.0. The zero-order valence-corrected chi connectivity index (χ0v) is 14.2. The van der Waals surface area contributed by atoms with Crippen molar-refractivity contribution in [2.45, 2.75) is 38.2 Å². The van der Waals surface area contributed by atoms with Crippen LogP contribution in [0.5, 0.6) is 0 Å². The molecule has 0 spiro atoms. The second kappa shape index (κ2) is 7.79. The Morgan fingerprint density at radius 3 is 2.75 bits per heavy atom. The molecule has 0 bridgehead atoms. The molecule has 2 fully saturated rings. The highest BCUT2D eigenvalue weighted by Crippen LogP contribution is 2.21. The van der Waals surface area contributed by atoms with Gasteiger partial charge in [-0.3, -0.25) is 9.59 Å². The SMILES string of the molecule is Cn1ccnc1CCNC(=O)C1CCN(C(=O)C2CCCO2)CC1. The van der Waals surface area contributed by atoms with Crippen LogP contribution in [-0.4, -0.2) is 58.6 Å². The number of nitrogens with zero attached hydrogens (tertiary/aromatic N) is 3. The van der Waals surface area contributed by atoms with Gasteiger partial charge in [0.1, 0.15) is 11.9 Å². The number of nitrogens with one attached hydrogen (secondary N) is 1.